The van der Waals surface area contributed by atoms with E-state index in [1.54, 1.807) is 26.0 Å². The van der Waals surface area contributed by atoms with Crippen molar-refractivity contribution in [3.8, 4) is 0 Å². The average Bonchev–Trinajstić information content (AvgIpc) is 2.72. The van der Waals surface area contributed by atoms with E-state index in [-0.39, 0.29) is 0 Å². The number of pyridine rings is 1. The number of nitrogens with zero attached hydrogens (tertiary/aromatic N) is 2. The summed E-state index contributed by atoms with van der Waals surface area (Å²) in [6.07, 6.45) is 0.559. The van der Waals surface area contributed by atoms with Crippen molar-refractivity contribution in [2.75, 3.05) is 18.0 Å². The van der Waals surface area contributed by atoms with Crippen molar-refractivity contribution in [3.05, 3.63) is 23.4 Å². The van der Waals surface area contributed by atoms with Crippen LogP contribution in [0.25, 0.3) is 0 Å². The average molecular weight is 263 g/mol. The van der Waals surface area contributed by atoms with Crippen LogP contribution in [0.3, 0.4) is 0 Å². The lowest BCUT2D eigenvalue weighted by atomic mass is 9.90. The molecule has 6 nitrogen and oxygen atoms in total. The first-order valence-electron chi connectivity index (χ1n) is 6.09. The van der Waals surface area contributed by atoms with E-state index in [9.17, 15) is 14.7 Å². The first-order chi connectivity index (χ1) is 8.82. The molecule has 0 aromatic carbocycles. The second kappa shape index (κ2) is 4.53. The molecule has 1 atom stereocenters. The number of carboxylic acids is 1. The molecule has 6 heteroatoms. The van der Waals surface area contributed by atoms with Crippen LogP contribution in [-0.2, 0) is 4.79 Å². The number of aromatic nitrogens is 1. The Balaban J connectivity index is 2.29. The van der Waals surface area contributed by atoms with Gasteiger partial charge in [0.1, 0.15) is 5.82 Å². The highest BCUT2D eigenvalue weighted by atomic mass is 16.4. The number of anilines is 1. The summed E-state index contributed by atoms with van der Waals surface area (Å²) >= 11 is 0. The lowest BCUT2D eigenvalue weighted by Crippen LogP contribution is -2.32. The number of amides is 1. The fourth-order valence-electron chi connectivity index (χ4n) is 2.29. The van der Waals surface area contributed by atoms with Crippen LogP contribution in [0.15, 0.2) is 12.1 Å². The van der Waals surface area contributed by atoms with Crippen molar-refractivity contribution in [1.29, 1.82) is 0 Å². The van der Waals surface area contributed by atoms with E-state index < -0.39 is 17.3 Å². The zero-order valence-electron chi connectivity index (χ0n) is 11.0. The zero-order chi connectivity index (χ0) is 14.2. The van der Waals surface area contributed by atoms with E-state index in [1.165, 1.54) is 0 Å². The maximum absolute atomic E-state index is 11.2. The highest BCUT2D eigenvalue weighted by molar-refractivity contribution is 5.93. The third-order valence-electron chi connectivity index (χ3n) is 3.54. The van der Waals surface area contributed by atoms with Gasteiger partial charge in [0.15, 0.2) is 0 Å². The summed E-state index contributed by atoms with van der Waals surface area (Å²) in [6.45, 7) is 4.50. The van der Waals surface area contributed by atoms with Crippen LogP contribution in [0.2, 0.25) is 0 Å². The minimum atomic E-state index is -0.808. The number of rotatable bonds is 3. The summed E-state index contributed by atoms with van der Waals surface area (Å²) in [5.74, 6) is -0.705. The summed E-state index contributed by atoms with van der Waals surface area (Å²) in [5.41, 5.74) is 5.59. The summed E-state index contributed by atoms with van der Waals surface area (Å²) in [6, 6.07) is 3.24. The van der Waals surface area contributed by atoms with Gasteiger partial charge in [-0.2, -0.15) is 0 Å². The molecule has 102 valence electrons. The number of nitrogens with two attached hydrogens (primary N) is 1. The Hall–Kier alpha value is -2.11. The topological polar surface area (TPSA) is 96.5 Å². The maximum Gasteiger partial charge on any atom is 0.311 e. The number of carbonyl (C=O) groups is 2. The number of carboxylic acid groups (broad SMARTS) is 1. The molecule has 1 amide bonds. The molecule has 1 saturated heterocycles. The van der Waals surface area contributed by atoms with Gasteiger partial charge < -0.3 is 15.7 Å². The fraction of sp³-hybridized carbons (Fsp3) is 0.462. The summed E-state index contributed by atoms with van der Waals surface area (Å²) in [7, 11) is 0. The SMILES string of the molecule is Cc1cc(C(N)=O)cc(N2CCC(C)(C(=O)O)C2)n1. The van der Waals surface area contributed by atoms with Crippen LogP contribution >= 0.6 is 0 Å². The minimum absolute atomic E-state index is 0.386. The molecule has 0 aliphatic carbocycles. The largest absolute Gasteiger partial charge is 0.481 e. The van der Waals surface area contributed by atoms with Gasteiger partial charge in [-0.25, -0.2) is 4.98 Å². The summed E-state index contributed by atoms with van der Waals surface area (Å²) in [5, 5.41) is 9.21. The van der Waals surface area contributed by atoms with Gasteiger partial charge >= 0.3 is 5.97 Å². The second-order valence-corrected chi connectivity index (χ2v) is 5.26. The monoisotopic (exact) mass is 263 g/mol. The highest BCUT2D eigenvalue weighted by Gasteiger charge is 2.41. The normalized spacial score (nSPS) is 22.5. The molecule has 1 aliphatic rings. The van der Waals surface area contributed by atoms with Crippen molar-refractivity contribution in [3.63, 3.8) is 0 Å². The van der Waals surface area contributed by atoms with Crippen molar-refractivity contribution < 1.29 is 14.7 Å². The Morgan fingerprint density at radius 2 is 2.16 bits per heavy atom. The van der Waals surface area contributed by atoms with Gasteiger partial charge in [-0.15, -0.1) is 0 Å². The van der Waals surface area contributed by atoms with Gasteiger partial charge in [-0.05, 0) is 32.4 Å². The standard InChI is InChI=1S/C13H17N3O3/c1-8-5-9(11(14)17)6-10(15-8)16-4-3-13(2,7-16)12(18)19/h5-6H,3-4,7H2,1-2H3,(H2,14,17)(H,18,19). The number of aliphatic carboxylic acids is 1. The first-order valence-corrected chi connectivity index (χ1v) is 6.09. The van der Waals surface area contributed by atoms with Gasteiger partial charge in [0.25, 0.3) is 0 Å². The molecule has 3 N–H and O–H groups in total. The number of carbonyl (C=O) groups excluding carboxylic acids is 1. The van der Waals surface area contributed by atoms with Crippen LogP contribution < -0.4 is 10.6 Å². The Morgan fingerprint density at radius 3 is 2.68 bits per heavy atom. The predicted octanol–water partition coefficient (Wildman–Crippen LogP) is 0.790. The Bertz CT molecular complexity index is 544. The Morgan fingerprint density at radius 1 is 1.47 bits per heavy atom. The van der Waals surface area contributed by atoms with E-state index >= 15 is 0 Å². The Labute approximate surface area is 111 Å². The third kappa shape index (κ3) is 2.52. The van der Waals surface area contributed by atoms with Gasteiger partial charge in [0.2, 0.25) is 5.91 Å². The van der Waals surface area contributed by atoms with Crippen LogP contribution in [0.1, 0.15) is 29.4 Å². The van der Waals surface area contributed by atoms with Gasteiger partial charge in [-0.3, -0.25) is 9.59 Å². The van der Waals surface area contributed by atoms with Crippen molar-refractivity contribution >= 4 is 17.7 Å². The number of hydrogen-bond acceptors (Lipinski definition) is 4. The molecular weight excluding hydrogens is 246 g/mol. The van der Waals surface area contributed by atoms with Crippen LogP contribution in [0, 0.1) is 12.3 Å². The number of aryl methyl sites for hydroxylation is 1. The maximum atomic E-state index is 11.2. The molecule has 1 aliphatic heterocycles. The fourth-order valence-corrected chi connectivity index (χ4v) is 2.29. The van der Waals surface area contributed by atoms with Crippen LogP contribution in [0.4, 0.5) is 5.82 Å². The summed E-state index contributed by atoms with van der Waals surface area (Å²) < 4.78 is 0. The number of primary amides is 1. The lowest BCUT2D eigenvalue weighted by Gasteiger charge is -2.21. The molecule has 0 spiro atoms. The van der Waals surface area contributed by atoms with E-state index in [0.717, 1.165) is 0 Å². The van der Waals surface area contributed by atoms with Crippen molar-refractivity contribution in [2.45, 2.75) is 20.3 Å². The van der Waals surface area contributed by atoms with Crippen LogP contribution in [-0.4, -0.2) is 35.1 Å². The van der Waals surface area contributed by atoms with Crippen molar-refractivity contribution in [2.24, 2.45) is 11.1 Å². The molecule has 19 heavy (non-hydrogen) atoms. The molecule has 0 saturated carbocycles. The van der Waals surface area contributed by atoms with Gasteiger partial charge in [-0.1, -0.05) is 0 Å². The second-order valence-electron chi connectivity index (χ2n) is 5.26. The molecule has 1 unspecified atom stereocenters. The van der Waals surface area contributed by atoms with Crippen molar-refractivity contribution in [1.82, 2.24) is 4.98 Å². The van der Waals surface area contributed by atoms with Gasteiger partial charge in [0, 0.05) is 24.3 Å². The lowest BCUT2D eigenvalue weighted by molar-refractivity contribution is -0.146. The number of hydrogen-bond donors (Lipinski definition) is 2. The molecular formula is C13H17N3O3. The molecule has 2 heterocycles. The molecule has 2 rings (SSSR count). The molecule has 0 bridgehead atoms. The Kier molecular flexibility index (Phi) is 3.18. The first kappa shape index (κ1) is 13.3. The molecule has 0 radical (unpaired) electrons. The van der Waals surface area contributed by atoms with E-state index in [4.69, 9.17) is 5.73 Å². The van der Waals surface area contributed by atoms with Crippen LogP contribution in [0.5, 0.6) is 0 Å². The quantitative estimate of drug-likeness (QED) is 0.840. The van der Waals surface area contributed by atoms with Gasteiger partial charge in [0.05, 0.1) is 5.41 Å². The predicted molar refractivity (Wildman–Crippen MR) is 70.1 cm³/mol. The molecule has 1 aromatic heterocycles. The van der Waals surface area contributed by atoms with E-state index in [0.29, 0.717) is 36.6 Å². The summed E-state index contributed by atoms with van der Waals surface area (Å²) in [4.78, 5) is 28.7. The third-order valence-corrected chi connectivity index (χ3v) is 3.54. The van der Waals surface area contributed by atoms with E-state index in [2.05, 4.69) is 4.98 Å². The minimum Gasteiger partial charge on any atom is -0.481 e. The van der Waals surface area contributed by atoms with E-state index in [1.807, 2.05) is 4.90 Å². The molecule has 1 fully saturated rings. The highest BCUT2D eigenvalue weighted by Crippen LogP contribution is 2.33. The zero-order valence-corrected chi connectivity index (χ0v) is 11.0. The molecule has 1 aromatic rings. The smallest absolute Gasteiger partial charge is 0.311 e.